The summed E-state index contributed by atoms with van der Waals surface area (Å²) >= 11 is 0. The molecule has 3 aromatic carbocycles. The first-order chi connectivity index (χ1) is 19.2. The van der Waals surface area contributed by atoms with Crippen LogP contribution in [0.1, 0.15) is 24.0 Å². The molecule has 1 saturated carbocycles. The summed E-state index contributed by atoms with van der Waals surface area (Å²) in [6.45, 7) is 0. The standard InChI is InChI=1S/C30H32N2O7S/c1-36-26-10-8-19(14-28(26)38-3)12-21-16-24(32-40(34,35)25-7-5-6-23(31)18-25)17-22(30(21)33)13-20-9-11-27(37-2)29(15-20)39-4/h5-15,18,24,32H,16-17,31H2,1-4H3/b21-12+,22-13+. The lowest BCUT2D eigenvalue weighted by atomic mass is 9.84. The fourth-order valence-electron chi connectivity index (χ4n) is 4.58. The van der Waals surface area contributed by atoms with Crippen molar-refractivity contribution < 1.29 is 32.2 Å². The van der Waals surface area contributed by atoms with E-state index in [0.29, 0.717) is 51.0 Å². The van der Waals surface area contributed by atoms with Gasteiger partial charge in [0.1, 0.15) is 0 Å². The van der Waals surface area contributed by atoms with E-state index in [2.05, 4.69) is 4.72 Å². The number of hydrogen-bond donors (Lipinski definition) is 2. The number of nitrogens with one attached hydrogen (secondary N) is 1. The smallest absolute Gasteiger partial charge is 0.240 e. The van der Waals surface area contributed by atoms with Crippen LogP contribution in [-0.4, -0.2) is 48.7 Å². The van der Waals surface area contributed by atoms with Gasteiger partial charge in [0.15, 0.2) is 28.8 Å². The molecule has 3 N–H and O–H groups in total. The maximum atomic E-state index is 13.7. The van der Waals surface area contributed by atoms with Gasteiger partial charge in [-0.3, -0.25) is 4.79 Å². The van der Waals surface area contributed by atoms with E-state index < -0.39 is 16.1 Å². The maximum Gasteiger partial charge on any atom is 0.240 e. The molecule has 0 saturated heterocycles. The minimum atomic E-state index is -3.90. The SMILES string of the molecule is COc1ccc(/C=C2\CC(NS(=O)(=O)c3cccc(N)c3)C/C(=C\c3ccc(OC)c(OC)c3)C2=O)cc1OC. The summed E-state index contributed by atoms with van der Waals surface area (Å²) < 4.78 is 50.7. The Morgan fingerprint density at radius 3 is 1.70 bits per heavy atom. The van der Waals surface area contributed by atoms with Crippen molar-refractivity contribution in [3.63, 3.8) is 0 Å². The predicted molar refractivity (Wildman–Crippen MR) is 154 cm³/mol. The number of ether oxygens (including phenoxy) is 4. The van der Waals surface area contributed by atoms with E-state index in [1.807, 2.05) is 0 Å². The summed E-state index contributed by atoms with van der Waals surface area (Å²) in [6.07, 6.45) is 3.87. The molecule has 4 rings (SSSR count). The number of anilines is 1. The normalized spacial score (nSPS) is 17.6. The number of nitrogens with two attached hydrogens (primary N) is 1. The summed E-state index contributed by atoms with van der Waals surface area (Å²) in [5.74, 6) is 1.96. The number of carbonyl (C=O) groups excluding carboxylic acids is 1. The van der Waals surface area contributed by atoms with Crippen molar-refractivity contribution in [1.29, 1.82) is 0 Å². The van der Waals surface area contributed by atoms with Gasteiger partial charge in [0.25, 0.3) is 0 Å². The second-order valence-corrected chi connectivity index (χ2v) is 10.9. The Bertz CT molecular complexity index is 1500. The third-order valence-corrected chi connectivity index (χ3v) is 8.02. The Hall–Kier alpha value is -4.28. The monoisotopic (exact) mass is 564 g/mol. The molecule has 0 aromatic heterocycles. The Morgan fingerprint density at radius 1 is 0.750 bits per heavy atom. The molecule has 0 aliphatic heterocycles. The summed E-state index contributed by atoms with van der Waals surface area (Å²) in [5, 5.41) is 0. The molecule has 10 heteroatoms. The van der Waals surface area contributed by atoms with E-state index in [0.717, 1.165) is 0 Å². The minimum absolute atomic E-state index is 0.0558. The van der Waals surface area contributed by atoms with Gasteiger partial charge in [-0.05, 0) is 78.6 Å². The van der Waals surface area contributed by atoms with E-state index in [1.54, 1.807) is 74.9 Å². The highest BCUT2D eigenvalue weighted by atomic mass is 32.2. The summed E-state index contributed by atoms with van der Waals surface area (Å²) in [7, 11) is 2.26. The van der Waals surface area contributed by atoms with E-state index in [9.17, 15) is 13.2 Å². The number of ketones is 1. The van der Waals surface area contributed by atoms with E-state index in [-0.39, 0.29) is 23.5 Å². The zero-order chi connectivity index (χ0) is 28.9. The van der Waals surface area contributed by atoms with Gasteiger partial charge in [0.2, 0.25) is 10.0 Å². The molecule has 9 nitrogen and oxygen atoms in total. The first-order valence-corrected chi connectivity index (χ1v) is 13.9. The van der Waals surface area contributed by atoms with Crippen molar-refractivity contribution in [2.45, 2.75) is 23.8 Å². The van der Waals surface area contributed by atoms with Crippen LogP contribution >= 0.6 is 0 Å². The molecular formula is C30H32N2O7S. The highest BCUT2D eigenvalue weighted by Gasteiger charge is 2.31. The second kappa shape index (κ2) is 12.3. The minimum Gasteiger partial charge on any atom is -0.493 e. The molecular weight excluding hydrogens is 532 g/mol. The van der Waals surface area contributed by atoms with E-state index in [4.69, 9.17) is 24.7 Å². The zero-order valence-corrected chi connectivity index (χ0v) is 23.6. The van der Waals surface area contributed by atoms with Gasteiger partial charge < -0.3 is 24.7 Å². The summed E-state index contributed by atoms with van der Waals surface area (Å²) in [5.41, 5.74) is 8.48. The van der Waals surface area contributed by atoms with Crippen LogP contribution < -0.4 is 29.4 Å². The van der Waals surface area contributed by atoms with Crippen molar-refractivity contribution in [2.75, 3.05) is 34.2 Å². The molecule has 0 amide bonds. The number of nitrogen functional groups attached to an aromatic ring is 1. The van der Waals surface area contributed by atoms with Crippen LogP contribution in [0.4, 0.5) is 5.69 Å². The number of sulfonamides is 1. The summed E-state index contributed by atoms with van der Waals surface area (Å²) in [6, 6.07) is 16.1. The maximum absolute atomic E-state index is 13.7. The highest BCUT2D eigenvalue weighted by molar-refractivity contribution is 7.89. The number of Topliss-reactive ketones (excluding diaryl/α,β-unsaturated/α-hetero) is 1. The molecule has 1 aliphatic carbocycles. The van der Waals surface area contributed by atoms with Gasteiger partial charge >= 0.3 is 0 Å². The first-order valence-electron chi connectivity index (χ1n) is 12.4. The lowest BCUT2D eigenvalue weighted by Crippen LogP contribution is -2.39. The van der Waals surface area contributed by atoms with Crippen molar-refractivity contribution >= 4 is 33.6 Å². The van der Waals surface area contributed by atoms with Gasteiger partial charge in [0, 0.05) is 22.9 Å². The van der Waals surface area contributed by atoms with Crippen LogP contribution in [0.3, 0.4) is 0 Å². The number of benzene rings is 3. The fraction of sp³-hybridized carbons (Fsp3) is 0.233. The van der Waals surface area contributed by atoms with Crippen molar-refractivity contribution in [2.24, 2.45) is 0 Å². The first kappa shape index (κ1) is 28.7. The summed E-state index contributed by atoms with van der Waals surface area (Å²) in [4.78, 5) is 13.7. The number of rotatable bonds is 9. The average molecular weight is 565 g/mol. The van der Waals surface area contributed by atoms with E-state index in [1.165, 1.54) is 26.4 Å². The molecule has 0 spiro atoms. The van der Waals surface area contributed by atoms with Crippen LogP contribution in [-0.2, 0) is 14.8 Å². The fourth-order valence-corrected chi connectivity index (χ4v) is 5.87. The van der Waals surface area contributed by atoms with Crippen molar-refractivity contribution in [3.05, 3.63) is 82.9 Å². The van der Waals surface area contributed by atoms with Gasteiger partial charge in [-0.25, -0.2) is 13.1 Å². The van der Waals surface area contributed by atoms with Crippen LogP contribution in [0, 0.1) is 0 Å². The second-order valence-electron chi connectivity index (χ2n) is 9.20. The zero-order valence-electron chi connectivity index (χ0n) is 22.8. The lowest BCUT2D eigenvalue weighted by Gasteiger charge is -2.27. The number of carbonyl (C=O) groups is 1. The Kier molecular flexibility index (Phi) is 8.81. The largest absolute Gasteiger partial charge is 0.493 e. The van der Waals surface area contributed by atoms with Crippen LogP contribution in [0.15, 0.2) is 76.7 Å². The number of methoxy groups -OCH3 is 4. The molecule has 0 radical (unpaired) electrons. The van der Waals surface area contributed by atoms with Gasteiger partial charge in [-0.2, -0.15) is 0 Å². The Morgan fingerprint density at radius 2 is 1.25 bits per heavy atom. The molecule has 40 heavy (non-hydrogen) atoms. The molecule has 1 aliphatic rings. The number of hydrogen-bond acceptors (Lipinski definition) is 8. The lowest BCUT2D eigenvalue weighted by molar-refractivity contribution is -0.113. The van der Waals surface area contributed by atoms with Crippen LogP contribution in [0.25, 0.3) is 12.2 Å². The van der Waals surface area contributed by atoms with Crippen LogP contribution in [0.2, 0.25) is 0 Å². The van der Waals surface area contributed by atoms with Gasteiger partial charge in [-0.1, -0.05) is 18.2 Å². The van der Waals surface area contributed by atoms with Crippen molar-refractivity contribution in [1.82, 2.24) is 4.72 Å². The molecule has 0 unspecified atom stereocenters. The third kappa shape index (κ3) is 6.47. The highest BCUT2D eigenvalue weighted by Crippen LogP contribution is 2.34. The molecule has 0 heterocycles. The molecule has 3 aromatic rings. The Balaban J connectivity index is 1.74. The molecule has 0 atom stereocenters. The predicted octanol–water partition coefficient (Wildman–Crippen LogP) is 4.48. The Labute approximate surface area is 234 Å². The molecule has 210 valence electrons. The van der Waals surface area contributed by atoms with Crippen molar-refractivity contribution in [3.8, 4) is 23.0 Å². The third-order valence-electron chi connectivity index (χ3n) is 6.50. The van der Waals surface area contributed by atoms with Crippen LogP contribution in [0.5, 0.6) is 23.0 Å². The quantitative estimate of drug-likeness (QED) is 0.288. The van der Waals surface area contributed by atoms with Gasteiger partial charge in [-0.15, -0.1) is 0 Å². The molecule has 1 fully saturated rings. The topological polar surface area (TPSA) is 126 Å². The van der Waals surface area contributed by atoms with E-state index >= 15 is 0 Å². The molecule has 0 bridgehead atoms. The average Bonchev–Trinajstić information content (AvgIpc) is 2.95. The van der Waals surface area contributed by atoms with Gasteiger partial charge in [0.05, 0.1) is 33.3 Å².